The van der Waals surface area contributed by atoms with E-state index in [0.29, 0.717) is 38.9 Å². The lowest BCUT2D eigenvalue weighted by Crippen LogP contribution is -2.59. The van der Waals surface area contributed by atoms with E-state index in [2.05, 4.69) is 44.3 Å². The monoisotopic (exact) mass is 634 g/mol. The van der Waals surface area contributed by atoms with Crippen LogP contribution in [-0.4, -0.2) is 101 Å². The van der Waals surface area contributed by atoms with E-state index in [-0.39, 0.29) is 35.4 Å². The van der Waals surface area contributed by atoms with Crippen LogP contribution in [0.3, 0.4) is 0 Å². The van der Waals surface area contributed by atoms with Crippen molar-refractivity contribution in [2.24, 2.45) is 0 Å². The molecule has 2 N–H and O–H groups in total. The maximum Gasteiger partial charge on any atom is 0.319 e. The SMILES string of the molecule is O=C(NC1CCOC1)N1C2CCC1CN(c1nc(OCC34CCCN3CCC4)nc3cc(-c4cc(O)cc5ccccc45)ccc13)C2. The lowest BCUT2D eigenvalue weighted by molar-refractivity contribution is 0.108. The molecule has 2 bridgehead atoms. The molecule has 10 nitrogen and oxygen atoms in total. The number of carbonyl (C=O) groups excluding carboxylic acids is 1. The summed E-state index contributed by atoms with van der Waals surface area (Å²) in [5, 5.41) is 16.8. The number of hydrogen-bond donors (Lipinski definition) is 2. The predicted octanol–water partition coefficient (Wildman–Crippen LogP) is 5.31. The van der Waals surface area contributed by atoms with Crippen LogP contribution in [0.1, 0.15) is 44.9 Å². The molecule has 3 aromatic carbocycles. The van der Waals surface area contributed by atoms with Crippen LogP contribution in [0.5, 0.6) is 11.8 Å². The number of amides is 2. The Morgan fingerprint density at radius 2 is 1.79 bits per heavy atom. The van der Waals surface area contributed by atoms with E-state index >= 15 is 0 Å². The second-order valence-corrected chi connectivity index (χ2v) is 14.2. The standard InChI is InChI=1S/C37H42N6O4/c44-29-17-24-5-1-2-6-30(24)32(19-29)25-7-10-31-33(18-25)39-35(47-23-37-12-3-14-42(37)15-4-13-37)40-34(31)41-20-27-8-9-28(21-41)43(27)36(45)38-26-11-16-46-22-26/h1-2,5-7,10,17-19,26-28,44H,3-4,8-9,11-16,20-23H2,(H,38,45). The molecule has 1 aromatic heterocycles. The van der Waals surface area contributed by atoms with Crippen LogP contribution in [0.4, 0.5) is 10.6 Å². The quantitative estimate of drug-likeness (QED) is 0.294. The largest absolute Gasteiger partial charge is 0.508 e. The van der Waals surface area contributed by atoms with Crippen molar-refractivity contribution in [2.75, 3.05) is 50.9 Å². The van der Waals surface area contributed by atoms with Crippen molar-refractivity contribution in [3.8, 4) is 22.9 Å². The van der Waals surface area contributed by atoms with E-state index in [1.807, 2.05) is 24.3 Å². The highest BCUT2D eigenvalue weighted by molar-refractivity contribution is 6.01. The smallest absolute Gasteiger partial charge is 0.319 e. The van der Waals surface area contributed by atoms with Crippen molar-refractivity contribution in [1.29, 1.82) is 0 Å². The molecule has 5 fully saturated rings. The minimum atomic E-state index is 0.0316. The van der Waals surface area contributed by atoms with Gasteiger partial charge in [0.05, 0.1) is 35.8 Å². The molecule has 244 valence electrons. The molecular weight excluding hydrogens is 592 g/mol. The summed E-state index contributed by atoms with van der Waals surface area (Å²) in [5.41, 5.74) is 2.84. The second kappa shape index (κ2) is 11.5. The van der Waals surface area contributed by atoms with Gasteiger partial charge in [0, 0.05) is 25.1 Å². The minimum Gasteiger partial charge on any atom is -0.508 e. The van der Waals surface area contributed by atoms with Crippen molar-refractivity contribution in [3.05, 3.63) is 54.6 Å². The predicted molar refractivity (Wildman–Crippen MR) is 181 cm³/mol. The van der Waals surface area contributed by atoms with Gasteiger partial charge in [-0.1, -0.05) is 30.3 Å². The van der Waals surface area contributed by atoms with Gasteiger partial charge < -0.3 is 29.7 Å². The summed E-state index contributed by atoms with van der Waals surface area (Å²) < 4.78 is 12.1. The van der Waals surface area contributed by atoms with Crippen LogP contribution in [0, 0.1) is 0 Å². The summed E-state index contributed by atoms with van der Waals surface area (Å²) in [5.74, 6) is 1.10. The first kappa shape index (κ1) is 29.0. The number of benzene rings is 3. The van der Waals surface area contributed by atoms with E-state index in [1.165, 1.54) is 12.8 Å². The molecule has 0 aliphatic carbocycles. The molecule has 5 aliphatic rings. The lowest BCUT2D eigenvalue weighted by atomic mass is 9.95. The Morgan fingerprint density at radius 3 is 2.57 bits per heavy atom. The van der Waals surface area contributed by atoms with Gasteiger partial charge in [-0.25, -0.2) is 4.79 Å². The molecule has 2 amide bonds. The van der Waals surface area contributed by atoms with Crippen molar-refractivity contribution in [1.82, 2.24) is 25.1 Å². The highest BCUT2D eigenvalue weighted by Crippen LogP contribution is 2.41. The summed E-state index contributed by atoms with van der Waals surface area (Å²) >= 11 is 0. The second-order valence-electron chi connectivity index (χ2n) is 14.2. The molecule has 10 heteroatoms. The molecule has 9 rings (SSSR count). The molecule has 0 saturated carbocycles. The molecule has 5 aliphatic heterocycles. The molecular formula is C37H42N6O4. The fraction of sp³-hybridized carbons (Fsp3) is 0.486. The number of urea groups is 1. The Morgan fingerprint density at radius 1 is 0.979 bits per heavy atom. The van der Waals surface area contributed by atoms with Crippen LogP contribution in [0.25, 0.3) is 32.8 Å². The van der Waals surface area contributed by atoms with E-state index in [4.69, 9.17) is 19.4 Å². The zero-order valence-electron chi connectivity index (χ0n) is 26.7. The molecule has 47 heavy (non-hydrogen) atoms. The third kappa shape index (κ3) is 5.13. The number of aromatic hydroxyl groups is 1. The minimum absolute atomic E-state index is 0.0316. The Labute approximate surface area is 274 Å². The van der Waals surface area contributed by atoms with Crippen molar-refractivity contribution >= 4 is 33.5 Å². The molecule has 0 radical (unpaired) electrons. The number of rotatable bonds is 6. The Balaban J connectivity index is 1.07. The number of anilines is 1. The van der Waals surface area contributed by atoms with Crippen LogP contribution in [0.15, 0.2) is 54.6 Å². The highest BCUT2D eigenvalue weighted by atomic mass is 16.5. The maximum atomic E-state index is 13.4. The van der Waals surface area contributed by atoms with Crippen LogP contribution in [-0.2, 0) is 4.74 Å². The number of phenolic OH excluding ortho intramolecular Hbond substituents is 1. The van der Waals surface area contributed by atoms with Gasteiger partial charge in [0.15, 0.2) is 0 Å². The topological polar surface area (TPSA) is 103 Å². The Kier molecular flexibility index (Phi) is 7.12. The van der Waals surface area contributed by atoms with Gasteiger partial charge in [0.25, 0.3) is 0 Å². The number of piperazine rings is 1. The summed E-state index contributed by atoms with van der Waals surface area (Å²) in [6.07, 6.45) is 7.57. The van der Waals surface area contributed by atoms with E-state index in [9.17, 15) is 9.90 Å². The van der Waals surface area contributed by atoms with Crippen molar-refractivity contribution < 1.29 is 19.4 Å². The maximum absolute atomic E-state index is 13.4. The van der Waals surface area contributed by atoms with E-state index in [1.54, 1.807) is 6.07 Å². The van der Waals surface area contributed by atoms with Crippen LogP contribution < -0.4 is 15.0 Å². The van der Waals surface area contributed by atoms with Gasteiger partial charge >= 0.3 is 12.0 Å². The summed E-state index contributed by atoms with van der Waals surface area (Å²) in [7, 11) is 0. The van der Waals surface area contributed by atoms with Gasteiger partial charge in [-0.05, 0) is 104 Å². The first-order chi connectivity index (χ1) is 23.0. The third-order valence-corrected chi connectivity index (χ3v) is 11.4. The third-order valence-electron chi connectivity index (χ3n) is 11.4. The van der Waals surface area contributed by atoms with Crippen LogP contribution in [0.2, 0.25) is 0 Å². The molecule has 3 unspecified atom stereocenters. The molecule has 0 spiro atoms. The highest BCUT2D eigenvalue weighted by Gasteiger charge is 2.46. The Hall–Kier alpha value is -4.15. The lowest BCUT2D eigenvalue weighted by Gasteiger charge is -2.42. The van der Waals surface area contributed by atoms with Crippen molar-refractivity contribution in [3.63, 3.8) is 0 Å². The van der Waals surface area contributed by atoms with Crippen LogP contribution >= 0.6 is 0 Å². The number of fused-ring (bicyclic) bond motifs is 5. The Bertz CT molecular complexity index is 1820. The first-order valence-electron chi connectivity index (χ1n) is 17.4. The molecule has 5 saturated heterocycles. The van der Waals surface area contributed by atoms with Gasteiger partial charge in [0.1, 0.15) is 18.2 Å². The van der Waals surface area contributed by atoms with Gasteiger partial charge in [0.2, 0.25) is 0 Å². The summed E-state index contributed by atoms with van der Waals surface area (Å²) in [6.45, 7) is 5.61. The number of aromatic nitrogens is 2. The van der Waals surface area contributed by atoms with E-state index in [0.717, 1.165) is 83.8 Å². The number of nitrogens with one attached hydrogen (secondary N) is 1. The average Bonchev–Trinajstić information content (AvgIpc) is 3.87. The fourth-order valence-electron chi connectivity index (χ4n) is 9.06. The number of phenols is 1. The van der Waals surface area contributed by atoms with Crippen molar-refractivity contribution in [2.45, 2.75) is 68.6 Å². The normalized spacial score (nSPS) is 25.1. The molecule has 6 heterocycles. The zero-order chi connectivity index (χ0) is 31.5. The van der Waals surface area contributed by atoms with Gasteiger partial charge in [-0.3, -0.25) is 4.90 Å². The van der Waals surface area contributed by atoms with E-state index < -0.39 is 0 Å². The van der Waals surface area contributed by atoms with Gasteiger partial charge in [-0.2, -0.15) is 9.97 Å². The molecule has 4 aromatic rings. The number of nitrogens with zero attached hydrogens (tertiary/aromatic N) is 5. The number of hydrogen-bond acceptors (Lipinski definition) is 8. The first-order valence-corrected chi connectivity index (χ1v) is 17.4. The number of ether oxygens (including phenoxy) is 2. The van der Waals surface area contributed by atoms with Gasteiger partial charge in [-0.15, -0.1) is 0 Å². The fourth-order valence-corrected chi connectivity index (χ4v) is 9.06. The zero-order valence-corrected chi connectivity index (χ0v) is 26.7. The summed E-state index contributed by atoms with van der Waals surface area (Å²) in [4.78, 5) is 30.5. The number of carbonyl (C=O) groups is 1. The molecule has 3 atom stereocenters. The average molecular weight is 635 g/mol. The summed E-state index contributed by atoms with van der Waals surface area (Å²) in [6, 6.07) is 18.9.